The molecule has 1 atom stereocenters. The fraction of sp³-hybridized carbons (Fsp3) is 0.214. The Balaban J connectivity index is 1.60. The van der Waals surface area contributed by atoms with Crippen LogP contribution in [-0.2, 0) is 7.05 Å². The number of aryl methyl sites for hydroxylation is 3. The number of nitrogens with one attached hydrogen (secondary N) is 1. The number of benzene rings is 1. The van der Waals surface area contributed by atoms with Gasteiger partial charge in [-0.3, -0.25) is 9.36 Å². The lowest BCUT2D eigenvalue weighted by molar-refractivity contribution is 0.0691. The van der Waals surface area contributed by atoms with E-state index in [0.29, 0.717) is 50.9 Å². The summed E-state index contributed by atoms with van der Waals surface area (Å²) in [4.78, 5) is 51.7. The molecule has 0 saturated heterocycles. The normalized spacial score (nSPS) is 11.9. The van der Waals surface area contributed by atoms with Gasteiger partial charge in [0.15, 0.2) is 11.5 Å². The molecular weight excluding hydrogens is 532 g/mol. The van der Waals surface area contributed by atoms with Crippen LogP contribution in [0.5, 0.6) is 0 Å². The van der Waals surface area contributed by atoms with Gasteiger partial charge < -0.3 is 10.4 Å². The second kappa shape index (κ2) is 10.4. The molecule has 1 aromatic carbocycles. The van der Waals surface area contributed by atoms with Crippen molar-refractivity contribution in [3.05, 3.63) is 86.6 Å². The van der Waals surface area contributed by atoms with Gasteiger partial charge in [-0.15, -0.1) is 0 Å². The number of pyridine rings is 1. The predicted molar refractivity (Wildman–Crippen MR) is 151 cm³/mol. The minimum Gasteiger partial charge on any atom is -0.476 e. The average Bonchev–Trinajstić information content (AvgIpc) is 2.91. The van der Waals surface area contributed by atoms with Gasteiger partial charge >= 0.3 is 5.97 Å². The van der Waals surface area contributed by atoms with Gasteiger partial charge in [-0.25, -0.2) is 34.7 Å². The number of carboxylic acid groups (broad SMARTS) is 1. The third kappa shape index (κ3) is 5.10. The number of hydrogen-bond donors (Lipinski definition) is 2. The van der Waals surface area contributed by atoms with Gasteiger partial charge in [-0.2, -0.15) is 0 Å². The van der Waals surface area contributed by atoms with E-state index in [2.05, 4.69) is 30.2 Å². The molecule has 4 aromatic heterocycles. The highest BCUT2D eigenvalue weighted by Crippen LogP contribution is 2.29. The molecule has 0 aliphatic carbocycles. The highest BCUT2D eigenvalue weighted by molar-refractivity contribution is 6.29. The molecule has 0 spiro atoms. The summed E-state index contributed by atoms with van der Waals surface area (Å²) in [5.74, 6) is 0.229. The molecule has 12 heteroatoms. The fourth-order valence-corrected chi connectivity index (χ4v) is 4.72. The van der Waals surface area contributed by atoms with Crippen molar-refractivity contribution >= 4 is 34.2 Å². The van der Waals surface area contributed by atoms with Crippen LogP contribution in [0.15, 0.2) is 47.5 Å². The molecule has 0 aliphatic heterocycles. The number of carbonyl (C=O) groups is 1. The van der Waals surface area contributed by atoms with Crippen LogP contribution in [0, 0.1) is 20.8 Å². The number of hydrogen-bond acceptors (Lipinski definition) is 9. The maximum absolute atomic E-state index is 13.5. The van der Waals surface area contributed by atoms with Crippen molar-refractivity contribution < 1.29 is 9.90 Å². The first-order valence-corrected chi connectivity index (χ1v) is 12.7. The molecule has 40 heavy (non-hydrogen) atoms. The molecule has 0 aliphatic rings. The molecule has 2 N–H and O–H groups in total. The molecule has 5 rings (SSSR count). The van der Waals surface area contributed by atoms with Crippen molar-refractivity contribution in [2.75, 3.05) is 5.32 Å². The molecule has 0 unspecified atom stereocenters. The summed E-state index contributed by atoms with van der Waals surface area (Å²) < 4.78 is 1.46. The molecule has 4 heterocycles. The predicted octanol–water partition coefficient (Wildman–Crippen LogP) is 4.69. The number of halogens is 1. The lowest BCUT2D eigenvalue weighted by atomic mass is 10.0. The standard InChI is InChI=1S/C28H25ClN8O3/c1-13-8-18(15(3)33-20-6-7-22(29)35-24(20)28(39)40)23-19(9-13)27(38)37(5)26(36-23)17-11-30-25(31-12-17)21-10-14(2)32-16(4)34-21/h6-12,15,33H,1-5H3,(H,39,40)/t15-/m1/s1. The second-order valence-electron chi connectivity index (χ2n) is 9.49. The van der Waals surface area contributed by atoms with E-state index in [1.54, 1.807) is 44.6 Å². The van der Waals surface area contributed by atoms with Gasteiger partial charge in [0, 0.05) is 30.7 Å². The van der Waals surface area contributed by atoms with E-state index >= 15 is 0 Å². The van der Waals surface area contributed by atoms with Crippen LogP contribution in [0.2, 0.25) is 5.15 Å². The lowest BCUT2D eigenvalue weighted by Gasteiger charge is -2.20. The third-order valence-corrected chi connectivity index (χ3v) is 6.57. The van der Waals surface area contributed by atoms with Crippen molar-refractivity contribution in [3.8, 4) is 22.9 Å². The molecule has 0 radical (unpaired) electrons. The van der Waals surface area contributed by atoms with Crippen molar-refractivity contribution in [3.63, 3.8) is 0 Å². The maximum atomic E-state index is 13.5. The van der Waals surface area contributed by atoms with E-state index in [9.17, 15) is 14.7 Å². The summed E-state index contributed by atoms with van der Waals surface area (Å²) in [6.45, 7) is 7.43. The Hall–Kier alpha value is -4.77. The summed E-state index contributed by atoms with van der Waals surface area (Å²) in [5, 5.41) is 13.3. The van der Waals surface area contributed by atoms with E-state index in [1.165, 1.54) is 10.6 Å². The number of aromatic nitrogens is 7. The highest BCUT2D eigenvalue weighted by atomic mass is 35.5. The van der Waals surface area contributed by atoms with Crippen molar-refractivity contribution in [2.45, 2.75) is 33.7 Å². The summed E-state index contributed by atoms with van der Waals surface area (Å²) >= 11 is 5.91. The number of nitrogens with zero attached hydrogens (tertiary/aromatic N) is 7. The zero-order chi connectivity index (χ0) is 28.7. The number of aromatic carboxylic acids is 1. The average molecular weight is 557 g/mol. The number of anilines is 1. The number of rotatable bonds is 6. The van der Waals surface area contributed by atoms with Crippen LogP contribution >= 0.6 is 11.6 Å². The van der Waals surface area contributed by atoms with E-state index in [-0.39, 0.29) is 16.4 Å². The smallest absolute Gasteiger partial charge is 0.356 e. The maximum Gasteiger partial charge on any atom is 0.356 e. The fourth-order valence-electron chi connectivity index (χ4n) is 4.57. The first-order valence-electron chi connectivity index (χ1n) is 12.3. The third-order valence-electron chi connectivity index (χ3n) is 6.36. The zero-order valence-electron chi connectivity index (χ0n) is 22.4. The molecular formula is C28H25ClN8O3. The minimum atomic E-state index is -1.21. The topological polar surface area (TPSA) is 149 Å². The molecule has 0 fully saturated rings. The van der Waals surface area contributed by atoms with E-state index < -0.39 is 12.0 Å². The Morgan fingerprint density at radius 3 is 2.42 bits per heavy atom. The van der Waals surface area contributed by atoms with Crippen LogP contribution in [-0.4, -0.2) is 45.5 Å². The van der Waals surface area contributed by atoms with E-state index in [4.69, 9.17) is 16.6 Å². The lowest BCUT2D eigenvalue weighted by Crippen LogP contribution is -2.22. The van der Waals surface area contributed by atoms with Crippen LogP contribution in [0.1, 0.15) is 46.1 Å². The van der Waals surface area contributed by atoms with Crippen LogP contribution in [0.4, 0.5) is 5.69 Å². The minimum absolute atomic E-state index is 0.0737. The highest BCUT2D eigenvalue weighted by Gasteiger charge is 2.20. The van der Waals surface area contributed by atoms with Gasteiger partial charge in [0.05, 0.1) is 28.2 Å². The molecule has 0 bridgehead atoms. The first-order chi connectivity index (χ1) is 19.0. The Morgan fingerprint density at radius 2 is 1.75 bits per heavy atom. The monoisotopic (exact) mass is 556 g/mol. The Morgan fingerprint density at radius 1 is 1.02 bits per heavy atom. The van der Waals surface area contributed by atoms with Gasteiger partial charge in [-0.05, 0) is 57.5 Å². The summed E-state index contributed by atoms with van der Waals surface area (Å²) in [6, 6.07) is 8.15. The summed E-state index contributed by atoms with van der Waals surface area (Å²) in [7, 11) is 1.65. The zero-order valence-corrected chi connectivity index (χ0v) is 23.1. The Bertz CT molecular complexity index is 1830. The van der Waals surface area contributed by atoms with Crippen molar-refractivity contribution in [1.82, 2.24) is 34.5 Å². The number of fused-ring (bicyclic) bond motifs is 1. The Labute approximate surface area is 234 Å². The van der Waals surface area contributed by atoms with Crippen LogP contribution in [0.3, 0.4) is 0 Å². The molecule has 0 amide bonds. The van der Waals surface area contributed by atoms with Crippen LogP contribution < -0.4 is 10.9 Å². The Kier molecular flexibility index (Phi) is 6.99. The molecule has 11 nitrogen and oxygen atoms in total. The molecule has 5 aromatic rings. The van der Waals surface area contributed by atoms with Crippen molar-refractivity contribution in [1.29, 1.82) is 0 Å². The second-order valence-corrected chi connectivity index (χ2v) is 9.88. The van der Waals surface area contributed by atoms with Crippen LogP contribution in [0.25, 0.3) is 33.8 Å². The summed E-state index contributed by atoms with van der Waals surface area (Å²) in [5.41, 5.74) is 3.88. The summed E-state index contributed by atoms with van der Waals surface area (Å²) in [6.07, 6.45) is 3.22. The van der Waals surface area contributed by atoms with E-state index in [0.717, 1.165) is 11.3 Å². The van der Waals surface area contributed by atoms with E-state index in [1.807, 2.05) is 26.8 Å². The molecule has 202 valence electrons. The quantitative estimate of drug-likeness (QED) is 0.282. The van der Waals surface area contributed by atoms with Gasteiger partial charge in [0.1, 0.15) is 22.5 Å². The van der Waals surface area contributed by atoms with Crippen molar-refractivity contribution in [2.24, 2.45) is 7.05 Å². The SMILES string of the molecule is Cc1cc([C@@H](C)Nc2ccc(Cl)nc2C(=O)O)c2nc(-c3cnc(-c4cc(C)nc(C)n4)nc3)n(C)c(=O)c2c1. The van der Waals surface area contributed by atoms with Gasteiger partial charge in [-0.1, -0.05) is 17.7 Å². The largest absolute Gasteiger partial charge is 0.476 e. The van der Waals surface area contributed by atoms with Gasteiger partial charge in [0.25, 0.3) is 5.56 Å². The molecule has 0 saturated carbocycles. The van der Waals surface area contributed by atoms with Gasteiger partial charge in [0.2, 0.25) is 0 Å². The number of carboxylic acids is 1. The first kappa shape index (κ1) is 26.8.